The van der Waals surface area contributed by atoms with Gasteiger partial charge in [-0.1, -0.05) is 0 Å². The lowest BCUT2D eigenvalue weighted by Gasteiger charge is -2.20. The Bertz CT molecular complexity index is 551. The second kappa shape index (κ2) is 6.34. The Morgan fingerprint density at radius 1 is 1.00 bits per heavy atom. The lowest BCUT2D eigenvalue weighted by atomic mass is 9.99. The molecule has 0 amide bonds. The standard InChI is InChI=1S/C15H19NO4/c1-16-15(10-5-6-20-9-10)11-7-13(18-3)14(19-4)8-12(11)17-2/h5-9,15-16H,1-4H3. The molecule has 1 aromatic heterocycles. The van der Waals surface area contributed by atoms with E-state index >= 15 is 0 Å². The van der Waals surface area contributed by atoms with E-state index in [-0.39, 0.29) is 6.04 Å². The third-order valence-electron chi connectivity index (χ3n) is 3.21. The monoisotopic (exact) mass is 277 g/mol. The Balaban J connectivity index is 2.53. The van der Waals surface area contributed by atoms with E-state index in [0.717, 1.165) is 16.9 Å². The molecule has 0 aliphatic heterocycles. The normalized spacial score (nSPS) is 12.0. The van der Waals surface area contributed by atoms with Crippen LogP contribution in [0, 0.1) is 0 Å². The molecular weight excluding hydrogens is 258 g/mol. The molecule has 0 aliphatic carbocycles. The van der Waals surface area contributed by atoms with Gasteiger partial charge in [-0.3, -0.25) is 0 Å². The molecule has 1 aromatic carbocycles. The Morgan fingerprint density at radius 3 is 2.15 bits per heavy atom. The van der Waals surface area contributed by atoms with Crippen LogP contribution in [0.2, 0.25) is 0 Å². The number of methoxy groups -OCH3 is 3. The quantitative estimate of drug-likeness (QED) is 0.879. The van der Waals surface area contributed by atoms with Gasteiger partial charge in [-0.2, -0.15) is 0 Å². The first kappa shape index (κ1) is 14.3. The van der Waals surface area contributed by atoms with E-state index in [1.165, 1.54) is 0 Å². The van der Waals surface area contributed by atoms with E-state index in [1.807, 2.05) is 25.2 Å². The SMILES string of the molecule is CNC(c1ccoc1)c1cc(OC)c(OC)cc1OC. The van der Waals surface area contributed by atoms with Gasteiger partial charge in [0, 0.05) is 17.2 Å². The van der Waals surface area contributed by atoms with Gasteiger partial charge in [-0.05, 0) is 19.2 Å². The lowest BCUT2D eigenvalue weighted by molar-refractivity contribution is 0.346. The molecule has 1 heterocycles. The average molecular weight is 277 g/mol. The minimum atomic E-state index is -0.0523. The Kier molecular flexibility index (Phi) is 4.53. The summed E-state index contributed by atoms with van der Waals surface area (Å²) in [6, 6.07) is 5.59. The van der Waals surface area contributed by atoms with Crippen LogP contribution < -0.4 is 19.5 Å². The van der Waals surface area contributed by atoms with Crippen LogP contribution in [0.25, 0.3) is 0 Å². The fraction of sp³-hybridized carbons (Fsp3) is 0.333. The maximum Gasteiger partial charge on any atom is 0.164 e. The number of benzene rings is 1. The van der Waals surface area contributed by atoms with E-state index in [0.29, 0.717) is 11.5 Å². The summed E-state index contributed by atoms with van der Waals surface area (Å²) in [5.41, 5.74) is 1.96. The highest BCUT2D eigenvalue weighted by Gasteiger charge is 2.21. The summed E-state index contributed by atoms with van der Waals surface area (Å²) >= 11 is 0. The van der Waals surface area contributed by atoms with Crippen molar-refractivity contribution in [3.05, 3.63) is 41.9 Å². The third-order valence-corrected chi connectivity index (χ3v) is 3.21. The lowest BCUT2D eigenvalue weighted by Crippen LogP contribution is -2.18. The van der Waals surface area contributed by atoms with Crippen LogP contribution in [0.5, 0.6) is 17.2 Å². The van der Waals surface area contributed by atoms with Gasteiger partial charge in [0.15, 0.2) is 11.5 Å². The fourth-order valence-electron chi connectivity index (χ4n) is 2.22. The van der Waals surface area contributed by atoms with Crippen LogP contribution in [0.4, 0.5) is 0 Å². The van der Waals surface area contributed by atoms with Crippen molar-refractivity contribution in [1.82, 2.24) is 5.32 Å². The first-order valence-electron chi connectivity index (χ1n) is 6.24. The topological polar surface area (TPSA) is 52.9 Å². The molecule has 1 atom stereocenters. The summed E-state index contributed by atoms with van der Waals surface area (Å²) in [6.07, 6.45) is 3.35. The van der Waals surface area contributed by atoms with Crippen molar-refractivity contribution in [2.75, 3.05) is 28.4 Å². The van der Waals surface area contributed by atoms with E-state index in [9.17, 15) is 0 Å². The molecule has 0 aliphatic rings. The Labute approximate surface area is 118 Å². The second-order valence-electron chi connectivity index (χ2n) is 4.23. The summed E-state index contributed by atoms with van der Waals surface area (Å²) in [6.45, 7) is 0. The largest absolute Gasteiger partial charge is 0.496 e. The highest BCUT2D eigenvalue weighted by Crippen LogP contribution is 2.39. The van der Waals surface area contributed by atoms with Crippen molar-refractivity contribution < 1.29 is 18.6 Å². The fourth-order valence-corrected chi connectivity index (χ4v) is 2.22. The zero-order chi connectivity index (χ0) is 14.5. The van der Waals surface area contributed by atoms with Crippen molar-refractivity contribution in [3.63, 3.8) is 0 Å². The highest BCUT2D eigenvalue weighted by atomic mass is 16.5. The van der Waals surface area contributed by atoms with E-state index in [2.05, 4.69) is 5.32 Å². The van der Waals surface area contributed by atoms with Crippen molar-refractivity contribution in [3.8, 4) is 17.2 Å². The Hall–Kier alpha value is -2.14. The third kappa shape index (κ3) is 2.58. The van der Waals surface area contributed by atoms with Gasteiger partial charge in [0.05, 0.1) is 39.9 Å². The van der Waals surface area contributed by atoms with Crippen LogP contribution >= 0.6 is 0 Å². The average Bonchev–Trinajstić information content (AvgIpc) is 3.01. The Morgan fingerprint density at radius 2 is 1.65 bits per heavy atom. The number of ether oxygens (including phenoxy) is 3. The molecule has 0 spiro atoms. The van der Waals surface area contributed by atoms with Gasteiger partial charge >= 0.3 is 0 Å². The molecular formula is C15H19NO4. The summed E-state index contributed by atoms with van der Waals surface area (Å²) in [4.78, 5) is 0. The molecule has 0 bridgehead atoms. The van der Waals surface area contributed by atoms with Crippen molar-refractivity contribution in [1.29, 1.82) is 0 Å². The van der Waals surface area contributed by atoms with Crippen molar-refractivity contribution >= 4 is 0 Å². The van der Waals surface area contributed by atoms with Gasteiger partial charge in [0.1, 0.15) is 5.75 Å². The molecule has 0 fully saturated rings. The van der Waals surface area contributed by atoms with Crippen molar-refractivity contribution in [2.24, 2.45) is 0 Å². The van der Waals surface area contributed by atoms with Crippen LogP contribution in [0.15, 0.2) is 35.1 Å². The van der Waals surface area contributed by atoms with E-state index in [1.54, 1.807) is 33.9 Å². The van der Waals surface area contributed by atoms with Crippen LogP contribution in [-0.4, -0.2) is 28.4 Å². The molecule has 1 unspecified atom stereocenters. The number of furan rings is 1. The maximum atomic E-state index is 5.46. The van der Waals surface area contributed by atoms with Crippen LogP contribution in [0.3, 0.4) is 0 Å². The first-order chi connectivity index (χ1) is 9.74. The molecule has 0 saturated carbocycles. The van der Waals surface area contributed by atoms with E-state index in [4.69, 9.17) is 18.6 Å². The molecule has 5 nitrogen and oxygen atoms in total. The maximum absolute atomic E-state index is 5.46. The van der Waals surface area contributed by atoms with Gasteiger partial charge < -0.3 is 23.9 Å². The molecule has 2 rings (SSSR count). The molecule has 1 N–H and O–H groups in total. The van der Waals surface area contributed by atoms with Crippen LogP contribution in [0.1, 0.15) is 17.2 Å². The molecule has 5 heteroatoms. The highest BCUT2D eigenvalue weighted by molar-refractivity contribution is 5.53. The van der Waals surface area contributed by atoms with Gasteiger partial charge in [0.25, 0.3) is 0 Å². The van der Waals surface area contributed by atoms with E-state index < -0.39 is 0 Å². The van der Waals surface area contributed by atoms with Gasteiger partial charge in [-0.15, -0.1) is 0 Å². The number of hydrogen-bond donors (Lipinski definition) is 1. The van der Waals surface area contributed by atoms with Crippen molar-refractivity contribution in [2.45, 2.75) is 6.04 Å². The summed E-state index contributed by atoms with van der Waals surface area (Å²) in [5, 5.41) is 3.25. The summed E-state index contributed by atoms with van der Waals surface area (Å²) < 4.78 is 21.3. The van der Waals surface area contributed by atoms with Gasteiger partial charge in [-0.25, -0.2) is 0 Å². The summed E-state index contributed by atoms with van der Waals surface area (Å²) in [7, 11) is 6.73. The molecule has 2 aromatic rings. The number of hydrogen-bond acceptors (Lipinski definition) is 5. The first-order valence-corrected chi connectivity index (χ1v) is 6.24. The smallest absolute Gasteiger partial charge is 0.164 e. The number of nitrogens with one attached hydrogen (secondary N) is 1. The molecule has 108 valence electrons. The predicted octanol–water partition coefficient (Wildman–Crippen LogP) is 2.61. The molecule has 0 radical (unpaired) electrons. The minimum absolute atomic E-state index is 0.0523. The zero-order valence-electron chi connectivity index (χ0n) is 12.1. The van der Waals surface area contributed by atoms with Gasteiger partial charge in [0.2, 0.25) is 0 Å². The van der Waals surface area contributed by atoms with Crippen LogP contribution in [-0.2, 0) is 0 Å². The zero-order valence-corrected chi connectivity index (χ0v) is 12.1. The molecule has 0 saturated heterocycles. The minimum Gasteiger partial charge on any atom is -0.496 e. The second-order valence-corrected chi connectivity index (χ2v) is 4.23. The predicted molar refractivity (Wildman–Crippen MR) is 75.7 cm³/mol. The summed E-state index contributed by atoms with van der Waals surface area (Å²) in [5.74, 6) is 2.02. The number of rotatable bonds is 6. The molecule has 20 heavy (non-hydrogen) atoms.